The van der Waals surface area contributed by atoms with E-state index in [1.54, 1.807) is 13.0 Å². The maximum atomic E-state index is 11.9. The van der Waals surface area contributed by atoms with Gasteiger partial charge in [-0.3, -0.25) is 4.79 Å². The largest absolute Gasteiger partial charge is 0.511 e. The van der Waals surface area contributed by atoms with Crippen LogP contribution in [-0.4, -0.2) is 23.2 Å². The monoisotopic (exact) mass is 237 g/mol. The number of carbonyl (C=O) groups is 1. The number of hydrogen-bond acceptors (Lipinski definition) is 4. The summed E-state index contributed by atoms with van der Waals surface area (Å²) in [5, 5.41) is 13.7. The molecule has 4 heteroatoms. The lowest BCUT2D eigenvalue weighted by Gasteiger charge is -2.29. The minimum Gasteiger partial charge on any atom is -0.511 e. The molecular weight excluding hydrogens is 218 g/mol. The standard InChI is InChI=1S/C13H19NO3/c1-5-6-17-14-9(2)12-10(15)7-13(3,4)8-11(12)16/h5,15H,1,6-8H2,2-4H3/b14-9+. The molecule has 0 saturated carbocycles. The van der Waals surface area contributed by atoms with Gasteiger partial charge in [-0.2, -0.15) is 0 Å². The number of Topliss-reactive ketones (excluding diaryl/α,β-unsaturated/α-hetero) is 1. The number of rotatable bonds is 4. The zero-order chi connectivity index (χ0) is 13.1. The fourth-order valence-corrected chi connectivity index (χ4v) is 1.93. The number of allylic oxidation sites excluding steroid dienone is 2. The molecule has 1 N–H and O–H groups in total. The molecule has 1 aliphatic carbocycles. The Labute approximate surface area is 102 Å². The molecule has 0 aromatic heterocycles. The number of carbonyl (C=O) groups excluding carboxylic acids is 1. The lowest BCUT2D eigenvalue weighted by molar-refractivity contribution is -0.118. The molecule has 0 heterocycles. The highest BCUT2D eigenvalue weighted by molar-refractivity contribution is 6.22. The van der Waals surface area contributed by atoms with Gasteiger partial charge in [0.2, 0.25) is 0 Å². The van der Waals surface area contributed by atoms with E-state index in [-0.39, 0.29) is 23.6 Å². The van der Waals surface area contributed by atoms with Crippen molar-refractivity contribution in [3.05, 3.63) is 24.0 Å². The number of oxime groups is 1. The van der Waals surface area contributed by atoms with E-state index in [1.165, 1.54) is 0 Å². The molecule has 0 spiro atoms. The Balaban J connectivity index is 2.92. The van der Waals surface area contributed by atoms with Crippen LogP contribution in [0.2, 0.25) is 0 Å². The molecule has 0 atom stereocenters. The van der Waals surface area contributed by atoms with Crippen LogP contribution in [0.5, 0.6) is 0 Å². The summed E-state index contributed by atoms with van der Waals surface area (Å²) >= 11 is 0. The van der Waals surface area contributed by atoms with Gasteiger partial charge < -0.3 is 9.94 Å². The van der Waals surface area contributed by atoms with Crippen molar-refractivity contribution in [2.24, 2.45) is 10.6 Å². The first-order valence-electron chi connectivity index (χ1n) is 5.60. The summed E-state index contributed by atoms with van der Waals surface area (Å²) in [6.07, 6.45) is 2.47. The van der Waals surface area contributed by atoms with Crippen molar-refractivity contribution in [1.82, 2.24) is 0 Å². The van der Waals surface area contributed by atoms with Crippen molar-refractivity contribution in [1.29, 1.82) is 0 Å². The summed E-state index contributed by atoms with van der Waals surface area (Å²) < 4.78 is 0. The number of aliphatic hydroxyl groups excluding tert-OH is 1. The second-order valence-corrected chi connectivity index (χ2v) is 5.02. The lowest BCUT2D eigenvalue weighted by atomic mass is 9.76. The highest BCUT2D eigenvalue weighted by Crippen LogP contribution is 2.36. The van der Waals surface area contributed by atoms with E-state index in [0.717, 1.165) is 0 Å². The molecule has 0 fully saturated rings. The molecule has 0 unspecified atom stereocenters. The zero-order valence-electron chi connectivity index (χ0n) is 10.6. The Hall–Kier alpha value is -1.58. The quantitative estimate of drug-likeness (QED) is 0.354. The van der Waals surface area contributed by atoms with Crippen LogP contribution < -0.4 is 0 Å². The van der Waals surface area contributed by atoms with Crippen molar-refractivity contribution in [2.45, 2.75) is 33.6 Å². The number of ketones is 1. The van der Waals surface area contributed by atoms with E-state index < -0.39 is 0 Å². The Morgan fingerprint density at radius 2 is 2.24 bits per heavy atom. The molecule has 0 aliphatic heterocycles. The minimum absolute atomic E-state index is 0.0813. The SMILES string of the molecule is C=CCO/N=C(\C)C1=C(O)CC(C)(C)CC1=O. The van der Waals surface area contributed by atoms with Crippen LogP contribution in [-0.2, 0) is 9.63 Å². The van der Waals surface area contributed by atoms with Crippen LogP contribution in [0.3, 0.4) is 0 Å². The van der Waals surface area contributed by atoms with Gasteiger partial charge in [0, 0.05) is 12.8 Å². The third-order valence-electron chi connectivity index (χ3n) is 2.61. The first-order chi connectivity index (χ1) is 7.87. The minimum atomic E-state index is -0.188. The molecular formula is C13H19NO3. The number of hydrogen-bond donors (Lipinski definition) is 1. The molecule has 4 nitrogen and oxygen atoms in total. The van der Waals surface area contributed by atoms with E-state index in [9.17, 15) is 9.90 Å². The predicted molar refractivity (Wildman–Crippen MR) is 66.9 cm³/mol. The van der Waals surface area contributed by atoms with Gasteiger partial charge >= 0.3 is 0 Å². The average molecular weight is 237 g/mol. The normalized spacial score (nSPS) is 20.4. The summed E-state index contributed by atoms with van der Waals surface area (Å²) in [5.74, 6) is 0.0249. The Morgan fingerprint density at radius 1 is 1.59 bits per heavy atom. The van der Waals surface area contributed by atoms with Gasteiger partial charge in [0.05, 0.1) is 11.3 Å². The molecule has 0 aromatic carbocycles. The molecule has 1 rings (SSSR count). The molecule has 1 aliphatic rings. The van der Waals surface area contributed by atoms with Gasteiger partial charge in [0.25, 0.3) is 0 Å². The maximum absolute atomic E-state index is 11.9. The van der Waals surface area contributed by atoms with E-state index in [0.29, 0.717) is 24.1 Å². The second kappa shape index (κ2) is 5.17. The van der Waals surface area contributed by atoms with Crippen LogP contribution in [0.25, 0.3) is 0 Å². The fraction of sp³-hybridized carbons (Fsp3) is 0.538. The number of aliphatic hydroxyl groups is 1. The molecule has 94 valence electrons. The van der Waals surface area contributed by atoms with Gasteiger partial charge in [-0.05, 0) is 12.3 Å². The van der Waals surface area contributed by atoms with Crippen molar-refractivity contribution in [3.63, 3.8) is 0 Å². The van der Waals surface area contributed by atoms with E-state index >= 15 is 0 Å². The van der Waals surface area contributed by atoms with Crippen molar-refractivity contribution in [3.8, 4) is 0 Å². The smallest absolute Gasteiger partial charge is 0.168 e. The van der Waals surface area contributed by atoms with E-state index in [1.807, 2.05) is 13.8 Å². The summed E-state index contributed by atoms with van der Waals surface area (Å²) in [4.78, 5) is 16.8. The van der Waals surface area contributed by atoms with Crippen molar-refractivity contribution >= 4 is 11.5 Å². The predicted octanol–water partition coefficient (Wildman–Crippen LogP) is 2.77. The van der Waals surface area contributed by atoms with Crippen LogP contribution >= 0.6 is 0 Å². The molecule has 0 radical (unpaired) electrons. The Kier molecular flexibility index (Phi) is 4.10. The molecule has 17 heavy (non-hydrogen) atoms. The Morgan fingerprint density at radius 3 is 2.76 bits per heavy atom. The molecule has 0 saturated heterocycles. The van der Waals surface area contributed by atoms with Crippen molar-refractivity contribution in [2.75, 3.05) is 6.61 Å². The fourth-order valence-electron chi connectivity index (χ4n) is 1.93. The van der Waals surface area contributed by atoms with Gasteiger partial charge in [0.1, 0.15) is 12.4 Å². The van der Waals surface area contributed by atoms with Gasteiger partial charge in [-0.25, -0.2) is 0 Å². The number of nitrogens with zero attached hydrogens (tertiary/aromatic N) is 1. The highest BCUT2D eigenvalue weighted by Gasteiger charge is 2.34. The van der Waals surface area contributed by atoms with Gasteiger partial charge in [0.15, 0.2) is 5.78 Å². The van der Waals surface area contributed by atoms with Crippen LogP contribution in [0.15, 0.2) is 29.1 Å². The third-order valence-corrected chi connectivity index (χ3v) is 2.61. The molecule has 0 bridgehead atoms. The summed E-state index contributed by atoms with van der Waals surface area (Å²) in [6, 6.07) is 0. The van der Waals surface area contributed by atoms with E-state index in [4.69, 9.17) is 4.84 Å². The van der Waals surface area contributed by atoms with Crippen molar-refractivity contribution < 1.29 is 14.7 Å². The first kappa shape index (κ1) is 13.5. The lowest BCUT2D eigenvalue weighted by Crippen LogP contribution is -2.28. The topological polar surface area (TPSA) is 58.9 Å². The van der Waals surface area contributed by atoms with Gasteiger partial charge in [-0.1, -0.05) is 31.7 Å². The maximum Gasteiger partial charge on any atom is 0.168 e. The summed E-state index contributed by atoms with van der Waals surface area (Å²) in [5.41, 5.74) is 0.533. The van der Waals surface area contributed by atoms with E-state index in [2.05, 4.69) is 11.7 Å². The average Bonchev–Trinajstić information content (AvgIpc) is 2.14. The Bertz CT molecular complexity index is 391. The third kappa shape index (κ3) is 3.44. The molecule has 0 amide bonds. The van der Waals surface area contributed by atoms with Crippen LogP contribution in [0.4, 0.5) is 0 Å². The summed E-state index contributed by atoms with van der Waals surface area (Å²) in [7, 11) is 0. The van der Waals surface area contributed by atoms with Crippen LogP contribution in [0.1, 0.15) is 33.6 Å². The molecule has 0 aromatic rings. The second-order valence-electron chi connectivity index (χ2n) is 5.02. The van der Waals surface area contributed by atoms with Crippen LogP contribution in [0, 0.1) is 5.41 Å². The summed E-state index contributed by atoms with van der Waals surface area (Å²) in [6.45, 7) is 9.35. The highest BCUT2D eigenvalue weighted by atomic mass is 16.6. The first-order valence-corrected chi connectivity index (χ1v) is 5.60. The van der Waals surface area contributed by atoms with Gasteiger partial charge in [-0.15, -0.1) is 0 Å². The zero-order valence-corrected chi connectivity index (χ0v) is 10.6.